The number of anilines is 1. The molecule has 1 aromatic heterocycles. The monoisotopic (exact) mass is 303 g/mol. The molecule has 0 aliphatic carbocycles. The predicted octanol–water partition coefficient (Wildman–Crippen LogP) is 2.81. The van der Waals surface area contributed by atoms with Crippen LogP contribution in [0.2, 0.25) is 0 Å². The van der Waals surface area contributed by atoms with E-state index in [2.05, 4.69) is 29.5 Å². The van der Waals surface area contributed by atoms with Crippen LogP contribution in [0.4, 0.5) is 23.7 Å². The van der Waals surface area contributed by atoms with Gasteiger partial charge >= 0.3 is 18.5 Å². The average Bonchev–Trinajstić information content (AvgIpc) is 2.85. The predicted molar refractivity (Wildman–Crippen MR) is 62.4 cm³/mol. The van der Waals surface area contributed by atoms with Gasteiger partial charge in [0.2, 0.25) is 5.82 Å². The molecule has 1 heterocycles. The lowest BCUT2D eigenvalue weighted by Gasteiger charge is -2.03. The molecule has 2 rings (SSSR count). The molecule has 0 fully saturated rings. The van der Waals surface area contributed by atoms with Crippen LogP contribution in [0.3, 0.4) is 0 Å². The molecule has 0 bridgehead atoms. The van der Waals surface area contributed by atoms with Crippen LogP contribution in [-0.4, -0.2) is 29.7 Å². The largest absolute Gasteiger partial charge is 0.576 e. The number of hydrogen-bond acceptors (Lipinski definition) is 6. The van der Waals surface area contributed by atoms with E-state index < -0.39 is 18.5 Å². The van der Waals surface area contributed by atoms with Crippen molar-refractivity contribution >= 4 is 11.8 Å². The summed E-state index contributed by atoms with van der Waals surface area (Å²) in [7, 11) is 1.21. The summed E-state index contributed by atoms with van der Waals surface area (Å²) >= 11 is 0. The van der Waals surface area contributed by atoms with Gasteiger partial charge < -0.3 is 9.47 Å². The fraction of sp³-hybridized carbons (Fsp3) is 0.182. The van der Waals surface area contributed by atoms with Crippen molar-refractivity contribution in [1.29, 1.82) is 0 Å². The molecule has 0 aliphatic heterocycles. The van der Waals surface area contributed by atoms with E-state index in [1.807, 2.05) is 0 Å². The van der Waals surface area contributed by atoms with E-state index in [0.29, 0.717) is 11.3 Å². The third-order valence-corrected chi connectivity index (χ3v) is 2.19. The molecule has 1 amide bonds. The number of rotatable bonds is 3. The van der Waals surface area contributed by atoms with Crippen LogP contribution in [0.5, 0.6) is 6.08 Å². The van der Waals surface area contributed by atoms with Crippen LogP contribution in [-0.2, 0) is 4.74 Å². The molecule has 0 spiro atoms. The van der Waals surface area contributed by atoms with Gasteiger partial charge in [-0.05, 0) is 24.3 Å². The third-order valence-electron chi connectivity index (χ3n) is 2.19. The summed E-state index contributed by atoms with van der Waals surface area (Å²) in [5, 5.41) is 5.76. The molecule has 0 saturated heterocycles. The topological polar surface area (TPSA) is 86.5 Å². The SMILES string of the molecule is COC(=O)Nc1ccc(-c2noc(OC(F)(F)F)n2)cc1. The maximum Gasteiger partial charge on any atom is 0.576 e. The maximum absolute atomic E-state index is 12.0. The highest BCUT2D eigenvalue weighted by Crippen LogP contribution is 2.24. The molecule has 10 heteroatoms. The smallest absolute Gasteiger partial charge is 0.453 e. The normalized spacial score (nSPS) is 11.0. The van der Waals surface area contributed by atoms with Gasteiger partial charge in [0.25, 0.3) is 0 Å². The van der Waals surface area contributed by atoms with Crippen molar-refractivity contribution in [2.45, 2.75) is 6.36 Å². The Morgan fingerprint density at radius 2 is 1.95 bits per heavy atom. The van der Waals surface area contributed by atoms with E-state index in [-0.39, 0.29) is 5.82 Å². The molecular formula is C11H8F3N3O4. The van der Waals surface area contributed by atoms with Gasteiger partial charge in [-0.3, -0.25) is 9.84 Å². The highest BCUT2D eigenvalue weighted by atomic mass is 19.4. The van der Waals surface area contributed by atoms with E-state index in [1.165, 1.54) is 31.4 Å². The summed E-state index contributed by atoms with van der Waals surface area (Å²) in [4.78, 5) is 14.4. The zero-order valence-corrected chi connectivity index (χ0v) is 10.5. The highest BCUT2D eigenvalue weighted by Gasteiger charge is 2.34. The van der Waals surface area contributed by atoms with Crippen molar-refractivity contribution in [3.63, 3.8) is 0 Å². The summed E-state index contributed by atoms with van der Waals surface area (Å²) in [6.07, 6.45) is -6.56. The van der Waals surface area contributed by atoms with Crippen LogP contribution >= 0.6 is 0 Å². The minimum atomic E-state index is -4.90. The Morgan fingerprint density at radius 3 is 2.52 bits per heavy atom. The second-order valence-corrected chi connectivity index (χ2v) is 3.63. The van der Waals surface area contributed by atoms with Crippen LogP contribution in [0.1, 0.15) is 0 Å². The summed E-state index contributed by atoms with van der Waals surface area (Å²) < 4.78 is 48.1. The lowest BCUT2D eigenvalue weighted by molar-refractivity contribution is -0.283. The first-order valence-corrected chi connectivity index (χ1v) is 5.42. The molecule has 0 aliphatic rings. The van der Waals surface area contributed by atoms with E-state index in [1.54, 1.807) is 0 Å². The van der Waals surface area contributed by atoms with Crippen molar-refractivity contribution in [1.82, 2.24) is 10.1 Å². The first-order valence-electron chi connectivity index (χ1n) is 5.42. The molecule has 1 N–H and O–H groups in total. The van der Waals surface area contributed by atoms with E-state index >= 15 is 0 Å². The number of amides is 1. The van der Waals surface area contributed by atoms with Gasteiger partial charge in [-0.25, -0.2) is 4.79 Å². The van der Waals surface area contributed by atoms with Gasteiger partial charge in [-0.1, -0.05) is 5.16 Å². The Bertz CT molecular complexity index is 624. The Morgan fingerprint density at radius 1 is 1.29 bits per heavy atom. The lowest BCUT2D eigenvalue weighted by Crippen LogP contribution is -2.17. The molecule has 0 radical (unpaired) electrons. The number of methoxy groups -OCH3 is 1. The standard InChI is InChI=1S/C11H8F3N3O4/c1-19-9(18)15-7-4-2-6(3-5-7)8-16-10(21-17-8)20-11(12,13)14/h2-5H,1H3,(H,15,18). The van der Waals surface area contributed by atoms with Crippen molar-refractivity contribution in [3.05, 3.63) is 24.3 Å². The zero-order valence-electron chi connectivity index (χ0n) is 10.5. The number of nitrogens with zero attached hydrogens (tertiary/aromatic N) is 2. The van der Waals surface area contributed by atoms with Gasteiger partial charge in [-0.15, -0.1) is 13.2 Å². The molecule has 7 nitrogen and oxygen atoms in total. The molecule has 0 saturated carbocycles. The molecule has 0 unspecified atom stereocenters. The number of hydrogen-bond donors (Lipinski definition) is 1. The minimum Gasteiger partial charge on any atom is -0.453 e. The number of aromatic nitrogens is 2. The van der Waals surface area contributed by atoms with Crippen LogP contribution < -0.4 is 10.1 Å². The summed E-state index contributed by atoms with van der Waals surface area (Å²) in [5.41, 5.74) is 0.812. The minimum absolute atomic E-state index is 0.0844. The van der Waals surface area contributed by atoms with E-state index in [4.69, 9.17) is 0 Å². The van der Waals surface area contributed by atoms with Gasteiger partial charge in [-0.2, -0.15) is 4.98 Å². The molecule has 0 atom stereocenters. The second kappa shape index (κ2) is 5.69. The Labute approximate surface area is 115 Å². The molecule has 2 aromatic rings. The Kier molecular flexibility index (Phi) is 3.96. The van der Waals surface area contributed by atoms with Gasteiger partial charge in [0, 0.05) is 11.3 Å². The van der Waals surface area contributed by atoms with E-state index in [9.17, 15) is 18.0 Å². The van der Waals surface area contributed by atoms with Gasteiger partial charge in [0.1, 0.15) is 0 Å². The van der Waals surface area contributed by atoms with Crippen molar-refractivity contribution in [3.8, 4) is 17.5 Å². The quantitative estimate of drug-likeness (QED) is 0.938. The molecule has 1 aromatic carbocycles. The number of halogens is 3. The number of alkyl halides is 3. The summed E-state index contributed by atoms with van der Waals surface area (Å²) in [5.74, 6) is -0.0844. The van der Waals surface area contributed by atoms with Crippen LogP contribution in [0.25, 0.3) is 11.4 Å². The first-order chi connectivity index (χ1) is 9.87. The van der Waals surface area contributed by atoms with Crippen molar-refractivity contribution < 1.29 is 32.0 Å². The first kappa shape index (κ1) is 14.6. The zero-order chi connectivity index (χ0) is 15.5. The summed E-state index contributed by atoms with van der Waals surface area (Å²) in [6.45, 7) is 0. The maximum atomic E-state index is 12.0. The lowest BCUT2D eigenvalue weighted by atomic mass is 10.2. The average molecular weight is 303 g/mol. The molecular weight excluding hydrogens is 295 g/mol. The van der Waals surface area contributed by atoms with Gasteiger partial charge in [0.05, 0.1) is 7.11 Å². The van der Waals surface area contributed by atoms with E-state index in [0.717, 1.165) is 0 Å². The summed E-state index contributed by atoms with van der Waals surface area (Å²) in [6, 6.07) is 5.95. The third kappa shape index (κ3) is 4.09. The highest BCUT2D eigenvalue weighted by molar-refractivity contribution is 5.84. The number of ether oxygens (including phenoxy) is 2. The van der Waals surface area contributed by atoms with Crippen LogP contribution in [0, 0.1) is 0 Å². The number of nitrogens with one attached hydrogen (secondary N) is 1. The fourth-order valence-electron chi connectivity index (χ4n) is 1.34. The molecule has 21 heavy (non-hydrogen) atoms. The fourth-order valence-corrected chi connectivity index (χ4v) is 1.34. The number of carbonyl (C=O) groups is 1. The Hall–Kier alpha value is -2.78. The van der Waals surface area contributed by atoms with Crippen molar-refractivity contribution in [2.24, 2.45) is 0 Å². The number of benzene rings is 1. The number of carbonyl (C=O) groups excluding carboxylic acids is 1. The van der Waals surface area contributed by atoms with Crippen LogP contribution in [0.15, 0.2) is 28.8 Å². The second-order valence-electron chi connectivity index (χ2n) is 3.63. The van der Waals surface area contributed by atoms with Gasteiger partial charge in [0.15, 0.2) is 0 Å². The Balaban J connectivity index is 2.10. The van der Waals surface area contributed by atoms with Crippen molar-refractivity contribution in [2.75, 3.05) is 12.4 Å². The molecule has 112 valence electrons.